The van der Waals surface area contributed by atoms with Gasteiger partial charge in [-0.2, -0.15) is 0 Å². The van der Waals surface area contributed by atoms with E-state index in [-0.39, 0.29) is 5.91 Å². The van der Waals surface area contributed by atoms with E-state index in [2.05, 4.69) is 30.2 Å². The molecule has 0 spiro atoms. The van der Waals surface area contributed by atoms with Gasteiger partial charge in [-0.05, 0) is 17.5 Å². The molecule has 0 aliphatic heterocycles. The quantitative estimate of drug-likeness (QED) is 0.753. The van der Waals surface area contributed by atoms with Gasteiger partial charge in [-0.3, -0.25) is 4.79 Å². The average molecular weight is 334 g/mol. The van der Waals surface area contributed by atoms with E-state index in [1.54, 1.807) is 12.5 Å². The molecule has 1 aromatic carbocycles. The standard InChI is InChI=1S/C17H22N2O3S/c1-12(2)13-6-4-5-7-15(13)22-10-16-19-14(11-23-16)17(20)18-8-9-21-3/h4-7,11-12H,8-10H2,1-3H3,(H,18,20). The topological polar surface area (TPSA) is 60.5 Å². The fraction of sp³-hybridized carbons (Fsp3) is 0.412. The number of benzene rings is 1. The molecule has 6 heteroatoms. The van der Waals surface area contributed by atoms with Gasteiger partial charge in [0.25, 0.3) is 5.91 Å². The van der Waals surface area contributed by atoms with Gasteiger partial charge in [0.2, 0.25) is 0 Å². The molecule has 2 aromatic rings. The summed E-state index contributed by atoms with van der Waals surface area (Å²) in [6.45, 7) is 5.58. The number of carbonyl (C=O) groups excluding carboxylic acids is 1. The molecule has 0 saturated carbocycles. The van der Waals surface area contributed by atoms with Gasteiger partial charge in [0.05, 0.1) is 6.61 Å². The van der Waals surface area contributed by atoms with Gasteiger partial charge in [-0.25, -0.2) is 4.98 Å². The molecular formula is C17H22N2O3S. The van der Waals surface area contributed by atoms with Crippen molar-refractivity contribution >= 4 is 17.2 Å². The van der Waals surface area contributed by atoms with Crippen molar-refractivity contribution < 1.29 is 14.3 Å². The highest BCUT2D eigenvalue weighted by Gasteiger charge is 2.12. The van der Waals surface area contributed by atoms with Gasteiger partial charge in [0, 0.05) is 19.0 Å². The van der Waals surface area contributed by atoms with Crippen LogP contribution in [0.4, 0.5) is 0 Å². The Labute approximate surface area is 140 Å². The number of hydrogen-bond donors (Lipinski definition) is 1. The summed E-state index contributed by atoms with van der Waals surface area (Å²) in [6.07, 6.45) is 0. The summed E-state index contributed by atoms with van der Waals surface area (Å²) in [6, 6.07) is 7.99. The van der Waals surface area contributed by atoms with Crippen LogP contribution >= 0.6 is 11.3 Å². The molecule has 0 unspecified atom stereocenters. The first-order chi connectivity index (χ1) is 11.1. The number of amides is 1. The highest BCUT2D eigenvalue weighted by molar-refractivity contribution is 7.09. The SMILES string of the molecule is COCCNC(=O)c1csc(COc2ccccc2C(C)C)n1. The van der Waals surface area contributed by atoms with Crippen molar-refractivity contribution in [3.05, 3.63) is 45.9 Å². The van der Waals surface area contributed by atoms with E-state index in [0.717, 1.165) is 10.8 Å². The predicted octanol–water partition coefficient (Wildman–Crippen LogP) is 3.22. The third-order valence-corrected chi connectivity index (χ3v) is 4.09. The van der Waals surface area contributed by atoms with Crippen molar-refractivity contribution in [3.8, 4) is 5.75 Å². The molecule has 0 radical (unpaired) electrons. The molecular weight excluding hydrogens is 312 g/mol. The minimum atomic E-state index is -0.188. The van der Waals surface area contributed by atoms with Crippen LogP contribution in [-0.2, 0) is 11.3 Å². The summed E-state index contributed by atoms with van der Waals surface area (Å²) in [4.78, 5) is 16.2. The van der Waals surface area contributed by atoms with Crippen LogP contribution in [-0.4, -0.2) is 31.2 Å². The second-order valence-corrected chi connectivity index (χ2v) is 6.30. The molecule has 1 N–H and O–H groups in total. The number of thiazole rings is 1. The lowest BCUT2D eigenvalue weighted by molar-refractivity contribution is 0.0932. The summed E-state index contributed by atoms with van der Waals surface area (Å²) in [5, 5.41) is 5.27. The first kappa shape index (κ1) is 17.4. The highest BCUT2D eigenvalue weighted by Crippen LogP contribution is 2.26. The van der Waals surface area contributed by atoms with Crippen molar-refractivity contribution in [3.63, 3.8) is 0 Å². The van der Waals surface area contributed by atoms with Crippen LogP contribution < -0.4 is 10.1 Å². The lowest BCUT2D eigenvalue weighted by Crippen LogP contribution is -2.27. The maximum absolute atomic E-state index is 11.9. The fourth-order valence-electron chi connectivity index (χ4n) is 2.07. The monoisotopic (exact) mass is 334 g/mol. The summed E-state index contributed by atoms with van der Waals surface area (Å²) in [5.74, 6) is 1.07. The van der Waals surface area contributed by atoms with Crippen molar-refractivity contribution in [2.24, 2.45) is 0 Å². The molecule has 0 bridgehead atoms. The molecule has 23 heavy (non-hydrogen) atoms. The van der Waals surface area contributed by atoms with E-state index in [1.807, 2.05) is 18.2 Å². The van der Waals surface area contributed by atoms with Gasteiger partial charge in [0.15, 0.2) is 0 Å². The third kappa shape index (κ3) is 5.04. The Morgan fingerprint density at radius 2 is 2.13 bits per heavy atom. The van der Waals surface area contributed by atoms with Crippen molar-refractivity contribution in [2.45, 2.75) is 26.4 Å². The summed E-state index contributed by atoms with van der Waals surface area (Å²) >= 11 is 1.42. The average Bonchev–Trinajstić information content (AvgIpc) is 3.02. The molecule has 5 nitrogen and oxygen atoms in total. The number of ether oxygens (including phenoxy) is 2. The van der Waals surface area contributed by atoms with E-state index in [4.69, 9.17) is 9.47 Å². The second-order valence-electron chi connectivity index (χ2n) is 5.36. The predicted molar refractivity (Wildman–Crippen MR) is 91.2 cm³/mol. The molecule has 1 aromatic heterocycles. The summed E-state index contributed by atoms with van der Waals surface area (Å²) in [7, 11) is 1.60. The molecule has 0 aliphatic carbocycles. The van der Waals surface area contributed by atoms with E-state index in [0.29, 0.717) is 31.4 Å². The number of methoxy groups -OCH3 is 1. The lowest BCUT2D eigenvalue weighted by atomic mass is 10.0. The Hall–Kier alpha value is -1.92. The molecule has 0 fully saturated rings. The van der Waals surface area contributed by atoms with Crippen molar-refractivity contribution in [2.75, 3.05) is 20.3 Å². The van der Waals surface area contributed by atoms with Gasteiger partial charge in [0.1, 0.15) is 23.1 Å². The molecule has 2 rings (SSSR count). The lowest BCUT2D eigenvalue weighted by Gasteiger charge is -2.12. The smallest absolute Gasteiger partial charge is 0.270 e. The number of nitrogens with zero attached hydrogens (tertiary/aromatic N) is 1. The third-order valence-electron chi connectivity index (χ3n) is 3.27. The molecule has 0 aliphatic rings. The number of nitrogens with one attached hydrogen (secondary N) is 1. The molecule has 1 heterocycles. The van der Waals surface area contributed by atoms with Gasteiger partial charge >= 0.3 is 0 Å². The Bertz CT molecular complexity index is 640. The van der Waals surface area contributed by atoms with Crippen LogP contribution in [0.2, 0.25) is 0 Å². The molecule has 124 valence electrons. The maximum atomic E-state index is 11.9. The van der Waals surface area contributed by atoms with Crippen molar-refractivity contribution in [1.29, 1.82) is 0 Å². The Kier molecular flexibility index (Phi) is 6.55. The fourth-order valence-corrected chi connectivity index (χ4v) is 2.75. The zero-order valence-electron chi connectivity index (χ0n) is 13.7. The van der Waals surface area contributed by atoms with Crippen LogP contribution in [0, 0.1) is 0 Å². The van der Waals surface area contributed by atoms with E-state index < -0.39 is 0 Å². The number of hydrogen-bond acceptors (Lipinski definition) is 5. The maximum Gasteiger partial charge on any atom is 0.270 e. The Morgan fingerprint density at radius 3 is 2.87 bits per heavy atom. The highest BCUT2D eigenvalue weighted by atomic mass is 32.1. The number of aromatic nitrogens is 1. The van der Waals surface area contributed by atoms with Crippen LogP contribution in [0.5, 0.6) is 5.75 Å². The van der Waals surface area contributed by atoms with Gasteiger partial charge in [-0.15, -0.1) is 11.3 Å². The van der Waals surface area contributed by atoms with E-state index in [9.17, 15) is 4.79 Å². The summed E-state index contributed by atoms with van der Waals surface area (Å²) < 4.78 is 10.8. The van der Waals surface area contributed by atoms with Crippen LogP contribution in [0.25, 0.3) is 0 Å². The number of carbonyl (C=O) groups is 1. The number of rotatable bonds is 8. The first-order valence-corrected chi connectivity index (χ1v) is 8.43. The zero-order valence-corrected chi connectivity index (χ0v) is 14.5. The molecule has 0 atom stereocenters. The minimum absolute atomic E-state index is 0.188. The van der Waals surface area contributed by atoms with E-state index >= 15 is 0 Å². The first-order valence-electron chi connectivity index (χ1n) is 7.55. The zero-order chi connectivity index (χ0) is 16.7. The summed E-state index contributed by atoms with van der Waals surface area (Å²) in [5.41, 5.74) is 1.59. The molecule has 0 saturated heterocycles. The largest absolute Gasteiger partial charge is 0.486 e. The van der Waals surface area contributed by atoms with Gasteiger partial charge < -0.3 is 14.8 Å². The Balaban J connectivity index is 1.94. The normalized spacial score (nSPS) is 10.8. The van der Waals surface area contributed by atoms with Gasteiger partial charge in [-0.1, -0.05) is 32.0 Å². The van der Waals surface area contributed by atoms with Crippen molar-refractivity contribution in [1.82, 2.24) is 10.3 Å². The van der Waals surface area contributed by atoms with E-state index in [1.165, 1.54) is 16.9 Å². The number of para-hydroxylation sites is 1. The van der Waals surface area contributed by atoms with Crippen LogP contribution in [0.3, 0.4) is 0 Å². The van der Waals surface area contributed by atoms with Crippen LogP contribution in [0.1, 0.15) is 40.8 Å². The molecule has 1 amide bonds. The Morgan fingerprint density at radius 1 is 1.35 bits per heavy atom. The minimum Gasteiger partial charge on any atom is -0.486 e. The second kappa shape index (κ2) is 8.64. The van der Waals surface area contributed by atoms with Crippen LogP contribution in [0.15, 0.2) is 29.6 Å².